The van der Waals surface area contributed by atoms with Crippen molar-refractivity contribution in [2.45, 2.75) is 18.9 Å². The number of anilines is 1. The fraction of sp³-hybridized carbons (Fsp3) is 0.462. The maximum atomic E-state index is 10.8. The van der Waals surface area contributed by atoms with Crippen molar-refractivity contribution < 1.29 is 14.6 Å². The number of aromatic carboxylic acids is 1. The summed E-state index contributed by atoms with van der Waals surface area (Å²) in [5.41, 5.74) is 1.08. The van der Waals surface area contributed by atoms with Crippen molar-refractivity contribution in [3.63, 3.8) is 0 Å². The van der Waals surface area contributed by atoms with Crippen LogP contribution in [0.15, 0.2) is 18.2 Å². The van der Waals surface area contributed by atoms with Crippen molar-refractivity contribution in [2.75, 3.05) is 25.2 Å². The smallest absolute Gasteiger partial charge is 0.335 e. The van der Waals surface area contributed by atoms with Gasteiger partial charge < -0.3 is 14.7 Å². The van der Waals surface area contributed by atoms with Gasteiger partial charge in [-0.3, -0.25) is 0 Å². The second kappa shape index (κ2) is 5.59. The first kappa shape index (κ1) is 13.2. The minimum atomic E-state index is -0.961. The zero-order valence-corrected chi connectivity index (χ0v) is 11.0. The van der Waals surface area contributed by atoms with E-state index in [0.717, 1.165) is 31.7 Å². The predicted molar refractivity (Wildman–Crippen MR) is 70.7 cm³/mol. The number of carboxylic acid groups (broad SMARTS) is 1. The number of nitrogens with zero attached hydrogens (tertiary/aromatic N) is 1. The van der Waals surface area contributed by atoms with E-state index in [4.69, 9.17) is 21.4 Å². The van der Waals surface area contributed by atoms with Gasteiger partial charge in [-0.25, -0.2) is 4.79 Å². The van der Waals surface area contributed by atoms with E-state index in [-0.39, 0.29) is 5.56 Å². The van der Waals surface area contributed by atoms with Crippen molar-refractivity contribution in [1.82, 2.24) is 0 Å². The lowest BCUT2D eigenvalue weighted by Gasteiger charge is -2.33. The van der Waals surface area contributed by atoms with E-state index in [1.54, 1.807) is 12.1 Å². The zero-order valence-electron chi connectivity index (χ0n) is 10.2. The first-order valence-electron chi connectivity index (χ1n) is 5.93. The second-order valence-corrected chi connectivity index (χ2v) is 4.83. The molecule has 1 aromatic carbocycles. The number of benzene rings is 1. The molecular formula is C13H16ClNO3. The molecule has 5 heteroatoms. The fourth-order valence-electron chi connectivity index (χ4n) is 2.20. The summed E-state index contributed by atoms with van der Waals surface area (Å²) in [6.07, 6.45) is 1.93. The van der Waals surface area contributed by atoms with Crippen LogP contribution in [0, 0.1) is 0 Å². The van der Waals surface area contributed by atoms with Gasteiger partial charge in [-0.1, -0.05) is 11.6 Å². The van der Waals surface area contributed by atoms with Gasteiger partial charge in [0.05, 0.1) is 16.3 Å². The summed E-state index contributed by atoms with van der Waals surface area (Å²) in [6.45, 7) is 1.53. The van der Waals surface area contributed by atoms with Crippen LogP contribution in [0.5, 0.6) is 0 Å². The van der Waals surface area contributed by atoms with E-state index >= 15 is 0 Å². The Labute approximate surface area is 111 Å². The van der Waals surface area contributed by atoms with Gasteiger partial charge in [0, 0.05) is 26.3 Å². The number of carboxylic acids is 1. The van der Waals surface area contributed by atoms with Gasteiger partial charge in [-0.15, -0.1) is 0 Å². The predicted octanol–water partition coefficient (Wildman–Crippen LogP) is 2.65. The van der Waals surface area contributed by atoms with Crippen molar-refractivity contribution in [2.24, 2.45) is 0 Å². The highest BCUT2D eigenvalue weighted by molar-refractivity contribution is 6.33. The molecule has 1 N–H and O–H groups in total. The molecule has 1 aromatic rings. The third kappa shape index (κ3) is 2.76. The number of hydrogen-bond acceptors (Lipinski definition) is 3. The van der Waals surface area contributed by atoms with Crippen LogP contribution in [0.2, 0.25) is 5.02 Å². The molecule has 1 aliphatic rings. The highest BCUT2D eigenvalue weighted by Gasteiger charge is 2.20. The Kier molecular flexibility index (Phi) is 4.09. The maximum absolute atomic E-state index is 10.8. The third-order valence-electron chi connectivity index (χ3n) is 3.31. The molecule has 2 rings (SSSR count). The number of halogens is 1. The van der Waals surface area contributed by atoms with Gasteiger partial charge in [-0.2, -0.15) is 0 Å². The lowest BCUT2D eigenvalue weighted by Crippen LogP contribution is -2.36. The van der Waals surface area contributed by atoms with Crippen LogP contribution < -0.4 is 4.90 Å². The van der Waals surface area contributed by atoms with E-state index in [0.29, 0.717) is 11.1 Å². The lowest BCUT2D eigenvalue weighted by atomic mass is 10.1. The molecule has 0 unspecified atom stereocenters. The number of carbonyl (C=O) groups is 1. The Morgan fingerprint density at radius 1 is 1.44 bits per heavy atom. The van der Waals surface area contributed by atoms with Crippen LogP contribution in [0.3, 0.4) is 0 Å². The molecule has 0 saturated carbocycles. The molecule has 0 amide bonds. The van der Waals surface area contributed by atoms with Crippen molar-refractivity contribution >= 4 is 23.3 Å². The molecule has 1 fully saturated rings. The minimum Gasteiger partial charge on any atom is -0.478 e. The summed E-state index contributed by atoms with van der Waals surface area (Å²) in [5.74, 6) is -0.961. The summed E-state index contributed by atoms with van der Waals surface area (Å²) in [4.78, 5) is 13.0. The normalized spacial score (nSPS) is 16.6. The van der Waals surface area contributed by atoms with Crippen LogP contribution >= 0.6 is 11.6 Å². The summed E-state index contributed by atoms with van der Waals surface area (Å²) in [5, 5.41) is 9.37. The number of ether oxygens (including phenoxy) is 1. The summed E-state index contributed by atoms with van der Waals surface area (Å²) >= 11 is 6.15. The largest absolute Gasteiger partial charge is 0.478 e. The first-order chi connectivity index (χ1) is 8.59. The molecule has 0 aliphatic carbocycles. The molecule has 0 radical (unpaired) electrons. The molecule has 0 bridgehead atoms. The Hall–Kier alpha value is -1.26. The second-order valence-electron chi connectivity index (χ2n) is 4.43. The first-order valence-corrected chi connectivity index (χ1v) is 6.31. The average Bonchev–Trinajstić information content (AvgIpc) is 2.38. The molecule has 1 saturated heterocycles. The molecule has 1 aliphatic heterocycles. The highest BCUT2D eigenvalue weighted by atomic mass is 35.5. The highest BCUT2D eigenvalue weighted by Crippen LogP contribution is 2.29. The number of hydrogen-bond donors (Lipinski definition) is 1. The SMILES string of the molecule is CN(c1ccc(C(=O)O)cc1Cl)C1CCOCC1. The topological polar surface area (TPSA) is 49.8 Å². The molecule has 1 heterocycles. The van der Waals surface area contributed by atoms with Gasteiger partial charge in [0.25, 0.3) is 0 Å². The van der Waals surface area contributed by atoms with Crippen LogP contribution in [-0.4, -0.2) is 37.4 Å². The van der Waals surface area contributed by atoms with Crippen LogP contribution in [0.4, 0.5) is 5.69 Å². The lowest BCUT2D eigenvalue weighted by molar-refractivity contribution is 0.0697. The molecule has 0 atom stereocenters. The fourth-order valence-corrected chi connectivity index (χ4v) is 2.51. The molecular weight excluding hydrogens is 254 g/mol. The minimum absolute atomic E-state index is 0.212. The van der Waals surface area contributed by atoms with E-state index in [9.17, 15) is 4.79 Å². The Balaban J connectivity index is 2.19. The Morgan fingerprint density at radius 2 is 2.11 bits per heavy atom. The van der Waals surface area contributed by atoms with Gasteiger partial charge in [-0.05, 0) is 31.0 Å². The summed E-state index contributed by atoms with van der Waals surface area (Å²) in [6, 6.07) is 5.24. The Bertz CT molecular complexity index is 444. The van der Waals surface area contributed by atoms with Crippen molar-refractivity contribution in [3.05, 3.63) is 28.8 Å². The van der Waals surface area contributed by atoms with E-state index in [1.807, 2.05) is 7.05 Å². The quantitative estimate of drug-likeness (QED) is 0.917. The zero-order chi connectivity index (χ0) is 13.1. The monoisotopic (exact) mass is 269 g/mol. The van der Waals surface area contributed by atoms with Crippen molar-refractivity contribution in [1.29, 1.82) is 0 Å². The summed E-state index contributed by atoms with van der Waals surface area (Å²) in [7, 11) is 1.98. The van der Waals surface area contributed by atoms with Gasteiger partial charge in [0.1, 0.15) is 0 Å². The van der Waals surface area contributed by atoms with Gasteiger partial charge in [0.15, 0.2) is 0 Å². The molecule has 18 heavy (non-hydrogen) atoms. The summed E-state index contributed by atoms with van der Waals surface area (Å²) < 4.78 is 5.33. The van der Waals surface area contributed by atoms with Crippen LogP contribution in [0.25, 0.3) is 0 Å². The number of rotatable bonds is 3. The average molecular weight is 270 g/mol. The van der Waals surface area contributed by atoms with Gasteiger partial charge >= 0.3 is 5.97 Å². The van der Waals surface area contributed by atoms with Crippen LogP contribution in [0.1, 0.15) is 23.2 Å². The van der Waals surface area contributed by atoms with Gasteiger partial charge in [0.2, 0.25) is 0 Å². The third-order valence-corrected chi connectivity index (χ3v) is 3.62. The molecule has 4 nitrogen and oxygen atoms in total. The maximum Gasteiger partial charge on any atom is 0.335 e. The van der Waals surface area contributed by atoms with E-state index < -0.39 is 5.97 Å². The molecule has 98 valence electrons. The standard InChI is InChI=1S/C13H16ClNO3/c1-15(10-4-6-18-7-5-10)12-3-2-9(13(16)17)8-11(12)14/h2-3,8,10H,4-7H2,1H3,(H,16,17). The van der Waals surface area contributed by atoms with E-state index in [1.165, 1.54) is 6.07 Å². The molecule has 0 aromatic heterocycles. The van der Waals surface area contributed by atoms with E-state index in [2.05, 4.69) is 4.90 Å². The molecule has 0 spiro atoms. The Morgan fingerprint density at radius 3 is 2.67 bits per heavy atom. The van der Waals surface area contributed by atoms with Crippen molar-refractivity contribution in [3.8, 4) is 0 Å². The van der Waals surface area contributed by atoms with Crippen LogP contribution in [-0.2, 0) is 4.74 Å².